The van der Waals surface area contributed by atoms with Crippen molar-refractivity contribution in [2.75, 3.05) is 6.61 Å². The Hall–Kier alpha value is -0.190. The molecule has 1 saturated carbocycles. The Balaban J connectivity index is 2.45. The molecule has 100 valence electrons. The highest BCUT2D eigenvalue weighted by molar-refractivity contribution is 9.10. The van der Waals surface area contributed by atoms with Crippen molar-refractivity contribution in [2.24, 2.45) is 0 Å². The second-order valence-corrected chi connectivity index (χ2v) is 5.74. The van der Waals surface area contributed by atoms with Gasteiger partial charge < -0.3 is 4.74 Å². The maximum Gasteiger partial charge on any atom is 0.162 e. The molecule has 1 aromatic heterocycles. The molecule has 3 nitrogen and oxygen atoms in total. The number of hydrogen-bond donors (Lipinski definition) is 0. The maximum absolute atomic E-state index is 6.18. The molecule has 0 N–H and O–H groups in total. The van der Waals surface area contributed by atoms with Crippen LogP contribution in [0.1, 0.15) is 51.0 Å². The van der Waals surface area contributed by atoms with Crippen molar-refractivity contribution in [2.45, 2.75) is 51.6 Å². The molecule has 0 amide bonds. The van der Waals surface area contributed by atoms with Crippen LogP contribution in [0.3, 0.4) is 0 Å². The van der Waals surface area contributed by atoms with Crippen molar-refractivity contribution in [3.63, 3.8) is 0 Å². The summed E-state index contributed by atoms with van der Waals surface area (Å²) in [7, 11) is 0. The van der Waals surface area contributed by atoms with E-state index in [0.717, 1.165) is 35.3 Å². The molecular weight excluding hydrogens is 316 g/mol. The number of ether oxygens (including phenoxy) is 1. The highest BCUT2D eigenvalue weighted by Gasteiger charge is 2.39. The molecule has 1 aliphatic rings. The number of halogens is 2. The van der Waals surface area contributed by atoms with Gasteiger partial charge in [-0.3, -0.25) is 0 Å². The summed E-state index contributed by atoms with van der Waals surface area (Å²) in [5.74, 6) is 0.756. The molecule has 0 saturated heterocycles. The zero-order valence-electron chi connectivity index (χ0n) is 10.8. The molecular formula is C13H18BrClN2O. The molecule has 1 aromatic rings. The van der Waals surface area contributed by atoms with Crippen molar-refractivity contribution in [3.05, 3.63) is 21.1 Å². The van der Waals surface area contributed by atoms with Gasteiger partial charge in [-0.15, -0.1) is 0 Å². The second kappa shape index (κ2) is 5.85. The van der Waals surface area contributed by atoms with E-state index >= 15 is 0 Å². The van der Waals surface area contributed by atoms with Gasteiger partial charge in [0.05, 0.1) is 10.2 Å². The predicted molar refractivity (Wildman–Crippen MR) is 75.9 cm³/mol. The SMILES string of the molecule is CCOC1(c2nc(Cl)c(Br)c(CC)n2)CCCC1. The molecule has 0 spiro atoms. The summed E-state index contributed by atoms with van der Waals surface area (Å²) in [5.41, 5.74) is 0.638. The van der Waals surface area contributed by atoms with Gasteiger partial charge >= 0.3 is 0 Å². The van der Waals surface area contributed by atoms with Crippen molar-refractivity contribution in [1.82, 2.24) is 9.97 Å². The van der Waals surface area contributed by atoms with Crippen molar-refractivity contribution in [3.8, 4) is 0 Å². The lowest BCUT2D eigenvalue weighted by Crippen LogP contribution is -2.29. The standard InChI is InChI=1S/C13H18BrClN2O/c1-3-9-10(14)11(15)17-12(16-9)13(18-4-2)7-5-6-8-13/h3-8H2,1-2H3. The Morgan fingerprint density at radius 2 is 1.94 bits per heavy atom. The normalized spacial score (nSPS) is 18.2. The fourth-order valence-corrected chi connectivity index (χ4v) is 3.20. The summed E-state index contributed by atoms with van der Waals surface area (Å²) in [6, 6.07) is 0. The van der Waals surface area contributed by atoms with E-state index in [2.05, 4.69) is 32.8 Å². The van der Waals surface area contributed by atoms with Crippen LogP contribution in [0.5, 0.6) is 0 Å². The predicted octanol–water partition coefficient (Wildman–Crippen LogP) is 4.26. The van der Waals surface area contributed by atoms with Crippen molar-refractivity contribution >= 4 is 27.5 Å². The molecule has 2 rings (SSSR count). The lowest BCUT2D eigenvalue weighted by Gasteiger charge is -2.27. The van der Waals surface area contributed by atoms with Crippen molar-refractivity contribution < 1.29 is 4.74 Å². The minimum Gasteiger partial charge on any atom is -0.367 e. The number of aryl methyl sites for hydroxylation is 1. The van der Waals surface area contributed by atoms with E-state index in [0.29, 0.717) is 11.8 Å². The van der Waals surface area contributed by atoms with Crippen LogP contribution in [0.15, 0.2) is 4.47 Å². The van der Waals surface area contributed by atoms with Crippen LogP contribution in [0.4, 0.5) is 0 Å². The molecule has 0 bridgehead atoms. The number of nitrogens with zero attached hydrogens (tertiary/aromatic N) is 2. The van der Waals surface area contributed by atoms with Crippen LogP contribution in [0.25, 0.3) is 0 Å². The van der Waals surface area contributed by atoms with Gasteiger partial charge in [-0.05, 0) is 55.0 Å². The Kier molecular flexibility index (Phi) is 4.62. The van der Waals surface area contributed by atoms with Crippen LogP contribution in [-0.2, 0) is 16.8 Å². The molecule has 5 heteroatoms. The zero-order valence-corrected chi connectivity index (χ0v) is 13.1. The fourth-order valence-electron chi connectivity index (χ4n) is 2.56. The zero-order chi connectivity index (χ0) is 13.2. The van der Waals surface area contributed by atoms with E-state index in [9.17, 15) is 0 Å². The summed E-state index contributed by atoms with van der Waals surface area (Å²) in [6.45, 7) is 4.76. The van der Waals surface area contributed by atoms with Gasteiger partial charge in [0, 0.05) is 6.61 Å². The first-order chi connectivity index (χ1) is 8.63. The minimum absolute atomic E-state index is 0.316. The highest BCUT2D eigenvalue weighted by atomic mass is 79.9. The molecule has 1 heterocycles. The van der Waals surface area contributed by atoms with Crippen LogP contribution in [-0.4, -0.2) is 16.6 Å². The van der Waals surface area contributed by atoms with E-state index in [1.54, 1.807) is 0 Å². The summed E-state index contributed by atoms with van der Waals surface area (Å²) in [4.78, 5) is 9.09. The van der Waals surface area contributed by atoms with Gasteiger partial charge in [-0.2, -0.15) is 0 Å². The molecule has 1 fully saturated rings. The third-order valence-corrected chi connectivity index (χ3v) is 4.79. The van der Waals surface area contributed by atoms with Gasteiger partial charge in [0.1, 0.15) is 10.8 Å². The van der Waals surface area contributed by atoms with E-state index in [1.807, 2.05) is 6.92 Å². The molecule has 1 aliphatic carbocycles. The largest absolute Gasteiger partial charge is 0.367 e. The lowest BCUT2D eigenvalue weighted by atomic mass is 10.0. The monoisotopic (exact) mass is 332 g/mol. The first-order valence-electron chi connectivity index (χ1n) is 6.49. The van der Waals surface area contributed by atoms with Gasteiger partial charge in [0.25, 0.3) is 0 Å². The second-order valence-electron chi connectivity index (χ2n) is 4.59. The van der Waals surface area contributed by atoms with E-state index in [1.165, 1.54) is 12.8 Å². The molecule has 0 radical (unpaired) electrons. The Bertz CT molecular complexity index is 433. The Morgan fingerprint density at radius 3 is 2.50 bits per heavy atom. The number of aromatic nitrogens is 2. The lowest BCUT2D eigenvalue weighted by molar-refractivity contribution is -0.0458. The van der Waals surface area contributed by atoms with E-state index in [4.69, 9.17) is 16.3 Å². The first-order valence-corrected chi connectivity index (χ1v) is 7.66. The van der Waals surface area contributed by atoms with Gasteiger partial charge in [-0.25, -0.2) is 9.97 Å². The topological polar surface area (TPSA) is 35.0 Å². The van der Waals surface area contributed by atoms with E-state index < -0.39 is 0 Å². The fraction of sp³-hybridized carbons (Fsp3) is 0.692. The molecule has 0 unspecified atom stereocenters. The summed E-state index contributed by atoms with van der Waals surface area (Å²) < 4.78 is 6.78. The van der Waals surface area contributed by atoms with Gasteiger partial charge in [-0.1, -0.05) is 18.5 Å². The van der Waals surface area contributed by atoms with Crippen LogP contribution >= 0.6 is 27.5 Å². The number of hydrogen-bond acceptors (Lipinski definition) is 3. The third-order valence-electron chi connectivity index (χ3n) is 3.45. The van der Waals surface area contributed by atoms with Gasteiger partial charge in [0.2, 0.25) is 0 Å². The van der Waals surface area contributed by atoms with Crippen LogP contribution in [0.2, 0.25) is 5.15 Å². The molecule has 0 aromatic carbocycles. The Morgan fingerprint density at radius 1 is 1.28 bits per heavy atom. The minimum atomic E-state index is -0.316. The molecule has 0 atom stereocenters. The highest BCUT2D eigenvalue weighted by Crippen LogP contribution is 2.41. The Labute approximate surface area is 121 Å². The smallest absolute Gasteiger partial charge is 0.162 e. The quantitative estimate of drug-likeness (QED) is 0.772. The van der Waals surface area contributed by atoms with Crippen molar-refractivity contribution in [1.29, 1.82) is 0 Å². The summed E-state index contributed by atoms with van der Waals surface area (Å²) >= 11 is 9.63. The third kappa shape index (κ3) is 2.56. The summed E-state index contributed by atoms with van der Waals surface area (Å²) in [6.07, 6.45) is 5.14. The summed E-state index contributed by atoms with van der Waals surface area (Å²) in [5, 5.41) is 0.489. The van der Waals surface area contributed by atoms with E-state index in [-0.39, 0.29) is 5.60 Å². The van der Waals surface area contributed by atoms with Crippen LogP contribution < -0.4 is 0 Å². The van der Waals surface area contributed by atoms with Gasteiger partial charge in [0.15, 0.2) is 5.82 Å². The maximum atomic E-state index is 6.18. The van der Waals surface area contributed by atoms with Crippen LogP contribution in [0, 0.1) is 0 Å². The first kappa shape index (κ1) is 14.2. The average molecular weight is 334 g/mol. The molecule has 18 heavy (non-hydrogen) atoms. The molecule has 0 aliphatic heterocycles. The average Bonchev–Trinajstić information content (AvgIpc) is 2.82. The number of rotatable bonds is 4.